The number of aromatic nitrogens is 2. The van der Waals surface area contributed by atoms with Crippen molar-refractivity contribution < 1.29 is 9.18 Å². The molecule has 2 aromatic carbocycles. The molecule has 0 unspecified atom stereocenters. The summed E-state index contributed by atoms with van der Waals surface area (Å²) >= 11 is 0. The maximum Gasteiger partial charge on any atom is 0.272 e. The summed E-state index contributed by atoms with van der Waals surface area (Å²) in [4.78, 5) is 22.9. The zero-order valence-electron chi connectivity index (χ0n) is 15.1. The molecule has 5 nitrogen and oxygen atoms in total. The van der Waals surface area contributed by atoms with E-state index in [0.717, 1.165) is 5.56 Å². The van der Waals surface area contributed by atoms with Crippen molar-refractivity contribution in [1.29, 1.82) is 0 Å². The fourth-order valence-corrected chi connectivity index (χ4v) is 2.67. The van der Waals surface area contributed by atoms with E-state index in [1.165, 1.54) is 12.3 Å². The van der Waals surface area contributed by atoms with Gasteiger partial charge in [0.15, 0.2) is 0 Å². The molecule has 0 spiro atoms. The van der Waals surface area contributed by atoms with Gasteiger partial charge in [-0.05, 0) is 24.6 Å². The van der Waals surface area contributed by atoms with Crippen LogP contribution in [-0.4, -0.2) is 27.3 Å². The van der Waals surface area contributed by atoms with Crippen molar-refractivity contribution in [3.05, 3.63) is 89.5 Å². The minimum absolute atomic E-state index is 0.169. The third-order valence-electron chi connectivity index (χ3n) is 4.15. The Hall–Kier alpha value is -3.28. The Morgan fingerprint density at radius 3 is 2.56 bits per heavy atom. The lowest BCUT2D eigenvalue weighted by Crippen LogP contribution is -2.31. The van der Waals surface area contributed by atoms with Gasteiger partial charge in [-0.15, -0.1) is 0 Å². The molecule has 3 rings (SSSR count). The molecule has 3 aromatic rings. The molecule has 0 aliphatic carbocycles. The first-order valence-electron chi connectivity index (χ1n) is 8.81. The Morgan fingerprint density at radius 2 is 1.81 bits per heavy atom. The second-order valence-electron chi connectivity index (χ2n) is 6.02. The van der Waals surface area contributed by atoms with E-state index in [4.69, 9.17) is 0 Å². The van der Waals surface area contributed by atoms with Crippen LogP contribution in [0.3, 0.4) is 0 Å². The van der Waals surface area contributed by atoms with Crippen LogP contribution in [0, 0.1) is 5.82 Å². The number of carbonyl (C=O) groups is 1. The normalized spacial score (nSPS) is 10.4. The van der Waals surface area contributed by atoms with E-state index in [9.17, 15) is 9.18 Å². The number of rotatable bonds is 7. The summed E-state index contributed by atoms with van der Waals surface area (Å²) in [5, 5.41) is 2.97. The molecule has 0 saturated heterocycles. The molecular formula is C21H21FN4O. The highest BCUT2D eigenvalue weighted by Crippen LogP contribution is 2.11. The molecule has 1 heterocycles. The minimum Gasteiger partial charge on any atom is -0.350 e. The summed E-state index contributed by atoms with van der Waals surface area (Å²) in [6, 6.07) is 17.9. The van der Waals surface area contributed by atoms with Crippen molar-refractivity contribution in [2.24, 2.45) is 0 Å². The maximum atomic E-state index is 13.7. The second kappa shape index (κ2) is 8.89. The Kier molecular flexibility index (Phi) is 6.10. The number of amides is 1. The smallest absolute Gasteiger partial charge is 0.272 e. The fraction of sp³-hybridized carbons (Fsp3) is 0.190. The standard InChI is InChI=1S/C21H21FN4O/c1-2-26(15-16-8-4-3-5-9-16)20(27)19-12-13-23-21(25-19)24-14-17-10-6-7-11-18(17)22/h3-13H,2,14-15H2,1H3,(H,23,24,25). The monoisotopic (exact) mass is 364 g/mol. The van der Waals surface area contributed by atoms with Crippen LogP contribution < -0.4 is 5.32 Å². The molecule has 0 aliphatic rings. The maximum absolute atomic E-state index is 13.7. The quantitative estimate of drug-likeness (QED) is 0.691. The third-order valence-corrected chi connectivity index (χ3v) is 4.15. The number of halogens is 1. The van der Waals surface area contributed by atoms with E-state index in [1.807, 2.05) is 37.3 Å². The molecule has 1 aromatic heterocycles. The van der Waals surface area contributed by atoms with Crippen LogP contribution in [0.1, 0.15) is 28.5 Å². The highest BCUT2D eigenvalue weighted by Gasteiger charge is 2.16. The molecule has 6 heteroatoms. The number of benzene rings is 2. The van der Waals surface area contributed by atoms with Gasteiger partial charge in [-0.25, -0.2) is 14.4 Å². The third kappa shape index (κ3) is 4.88. The average molecular weight is 364 g/mol. The van der Waals surface area contributed by atoms with E-state index in [-0.39, 0.29) is 18.3 Å². The average Bonchev–Trinajstić information content (AvgIpc) is 2.72. The van der Waals surface area contributed by atoms with Crippen molar-refractivity contribution in [1.82, 2.24) is 14.9 Å². The molecule has 0 fully saturated rings. The largest absolute Gasteiger partial charge is 0.350 e. The highest BCUT2D eigenvalue weighted by atomic mass is 19.1. The molecule has 0 bridgehead atoms. The minimum atomic E-state index is -0.294. The highest BCUT2D eigenvalue weighted by molar-refractivity contribution is 5.92. The van der Waals surface area contributed by atoms with E-state index in [1.54, 1.807) is 29.2 Å². The van der Waals surface area contributed by atoms with Crippen LogP contribution in [0.15, 0.2) is 66.9 Å². The van der Waals surface area contributed by atoms with Crippen molar-refractivity contribution in [3.63, 3.8) is 0 Å². The van der Waals surface area contributed by atoms with Gasteiger partial charge in [0.1, 0.15) is 11.5 Å². The lowest BCUT2D eigenvalue weighted by Gasteiger charge is -2.20. The molecule has 0 atom stereocenters. The van der Waals surface area contributed by atoms with E-state index in [2.05, 4.69) is 15.3 Å². The van der Waals surface area contributed by atoms with Crippen LogP contribution in [0.25, 0.3) is 0 Å². The van der Waals surface area contributed by atoms with Crippen LogP contribution in [0.4, 0.5) is 10.3 Å². The van der Waals surface area contributed by atoms with Crippen molar-refractivity contribution >= 4 is 11.9 Å². The van der Waals surface area contributed by atoms with Gasteiger partial charge in [-0.2, -0.15) is 0 Å². The van der Waals surface area contributed by atoms with Gasteiger partial charge < -0.3 is 10.2 Å². The van der Waals surface area contributed by atoms with E-state index < -0.39 is 0 Å². The molecule has 1 amide bonds. The number of nitrogens with zero attached hydrogens (tertiary/aromatic N) is 3. The second-order valence-corrected chi connectivity index (χ2v) is 6.02. The number of carbonyl (C=O) groups excluding carboxylic acids is 1. The van der Waals surface area contributed by atoms with Crippen molar-refractivity contribution in [2.45, 2.75) is 20.0 Å². The summed E-state index contributed by atoms with van der Waals surface area (Å²) in [6.45, 7) is 3.25. The topological polar surface area (TPSA) is 58.1 Å². The Morgan fingerprint density at radius 1 is 1.07 bits per heavy atom. The SMILES string of the molecule is CCN(Cc1ccccc1)C(=O)c1ccnc(NCc2ccccc2F)n1. The predicted octanol–water partition coefficient (Wildman–Crippen LogP) is 3.89. The van der Waals surface area contributed by atoms with Gasteiger partial charge in [-0.1, -0.05) is 48.5 Å². The molecule has 0 aliphatic heterocycles. The molecule has 27 heavy (non-hydrogen) atoms. The number of nitrogens with one attached hydrogen (secondary N) is 1. The first-order valence-corrected chi connectivity index (χ1v) is 8.81. The Bertz CT molecular complexity index is 901. The van der Waals surface area contributed by atoms with Gasteiger partial charge in [0, 0.05) is 31.4 Å². The van der Waals surface area contributed by atoms with Gasteiger partial charge in [0.2, 0.25) is 5.95 Å². The van der Waals surface area contributed by atoms with E-state index >= 15 is 0 Å². The van der Waals surface area contributed by atoms with Crippen LogP contribution in [0.2, 0.25) is 0 Å². The number of anilines is 1. The fourth-order valence-electron chi connectivity index (χ4n) is 2.67. The summed E-state index contributed by atoms with van der Waals surface area (Å²) in [5.41, 5.74) is 1.87. The van der Waals surface area contributed by atoms with Gasteiger partial charge in [0.05, 0.1) is 0 Å². The molecular weight excluding hydrogens is 343 g/mol. The van der Waals surface area contributed by atoms with Crippen molar-refractivity contribution in [2.75, 3.05) is 11.9 Å². The number of hydrogen-bond acceptors (Lipinski definition) is 4. The first kappa shape index (κ1) is 18.5. The zero-order chi connectivity index (χ0) is 19.1. The van der Waals surface area contributed by atoms with Crippen molar-refractivity contribution in [3.8, 4) is 0 Å². The summed E-state index contributed by atoms with van der Waals surface area (Å²) in [6.07, 6.45) is 1.53. The lowest BCUT2D eigenvalue weighted by molar-refractivity contribution is 0.0746. The number of hydrogen-bond donors (Lipinski definition) is 1. The lowest BCUT2D eigenvalue weighted by atomic mass is 10.2. The van der Waals surface area contributed by atoms with Gasteiger partial charge in [0.25, 0.3) is 5.91 Å². The van der Waals surface area contributed by atoms with Gasteiger partial charge >= 0.3 is 0 Å². The predicted molar refractivity (Wildman–Crippen MR) is 103 cm³/mol. The first-order chi connectivity index (χ1) is 13.2. The zero-order valence-corrected chi connectivity index (χ0v) is 15.1. The van der Waals surface area contributed by atoms with Crippen LogP contribution in [0.5, 0.6) is 0 Å². The summed E-state index contributed by atoms with van der Waals surface area (Å²) in [5.74, 6) is -0.171. The summed E-state index contributed by atoms with van der Waals surface area (Å²) in [7, 11) is 0. The van der Waals surface area contributed by atoms with Crippen LogP contribution >= 0.6 is 0 Å². The van der Waals surface area contributed by atoms with E-state index in [0.29, 0.717) is 30.3 Å². The molecule has 0 radical (unpaired) electrons. The molecule has 138 valence electrons. The van der Waals surface area contributed by atoms with Crippen LogP contribution in [-0.2, 0) is 13.1 Å². The molecule has 1 N–H and O–H groups in total. The molecule has 0 saturated carbocycles. The summed E-state index contributed by atoms with van der Waals surface area (Å²) < 4.78 is 13.7. The Balaban J connectivity index is 1.70. The van der Waals surface area contributed by atoms with Gasteiger partial charge in [-0.3, -0.25) is 4.79 Å². The Labute approximate surface area is 157 Å².